The van der Waals surface area contributed by atoms with Gasteiger partial charge in [0.1, 0.15) is 18.8 Å². The van der Waals surface area contributed by atoms with Crippen LogP contribution < -0.4 is 4.72 Å². The van der Waals surface area contributed by atoms with E-state index in [0.717, 1.165) is 12.2 Å². The van der Waals surface area contributed by atoms with E-state index < -0.39 is 11.7 Å². The van der Waals surface area contributed by atoms with Crippen LogP contribution in [0.1, 0.15) is 0 Å². The summed E-state index contributed by atoms with van der Waals surface area (Å²) >= 11 is 0.786. The van der Waals surface area contributed by atoms with Gasteiger partial charge in [-0.05, 0) is 0 Å². The second kappa shape index (κ2) is 2.15. The summed E-state index contributed by atoms with van der Waals surface area (Å²) in [5, 5.41) is 0. The Morgan fingerprint density at radius 3 is 2.75 bits per heavy atom. The average Bonchev–Trinajstić information content (AvgIpc) is 1.77. The quantitative estimate of drug-likeness (QED) is 0.269. The molecule has 5 heteroatoms. The molecule has 0 aromatic carbocycles. The van der Waals surface area contributed by atoms with Crippen molar-refractivity contribution < 1.29 is 13.8 Å². The van der Waals surface area contributed by atoms with Crippen molar-refractivity contribution in [2.45, 2.75) is 0 Å². The highest BCUT2D eigenvalue weighted by molar-refractivity contribution is 7.93. The van der Waals surface area contributed by atoms with Crippen LogP contribution >= 0.6 is 12.2 Å². The van der Waals surface area contributed by atoms with Crippen LogP contribution in [-0.2, 0) is 13.8 Å². The number of Topliss-reactive ketones (excluding diaryl/α,β-unsaturated/α-hetero) is 1. The highest BCUT2D eigenvalue weighted by atomic mass is 32.2. The van der Waals surface area contributed by atoms with Crippen molar-refractivity contribution in [1.29, 1.82) is 0 Å². The van der Waals surface area contributed by atoms with E-state index in [1.165, 1.54) is 0 Å². The van der Waals surface area contributed by atoms with Gasteiger partial charge in [-0.25, -0.2) is 0 Å². The standard InChI is InChI=1S/C3H3NO3S/c5-2-1-7-8-4-3(2)6/h1H2,(H,4,6). The Morgan fingerprint density at radius 2 is 2.38 bits per heavy atom. The highest BCUT2D eigenvalue weighted by Gasteiger charge is 2.18. The SMILES string of the molecule is O=C1COSNC1=O. The number of nitrogens with one attached hydrogen (secondary N) is 1. The fraction of sp³-hybridized carbons (Fsp3) is 0.333. The molecule has 1 aliphatic heterocycles. The van der Waals surface area contributed by atoms with E-state index in [-0.39, 0.29) is 6.61 Å². The molecule has 0 bridgehead atoms. The Morgan fingerprint density at radius 1 is 1.62 bits per heavy atom. The highest BCUT2D eigenvalue weighted by Crippen LogP contribution is 2.01. The third kappa shape index (κ3) is 0.988. The van der Waals surface area contributed by atoms with Crippen molar-refractivity contribution in [2.24, 2.45) is 0 Å². The molecule has 1 N–H and O–H groups in total. The number of hydrogen-bond donors (Lipinski definition) is 1. The molecular formula is C3H3NO3S. The molecule has 1 rings (SSSR count). The summed E-state index contributed by atoms with van der Waals surface area (Å²) < 4.78 is 6.63. The molecule has 0 atom stereocenters. The van der Waals surface area contributed by atoms with Gasteiger partial charge in [0.15, 0.2) is 0 Å². The van der Waals surface area contributed by atoms with Crippen LogP contribution in [0.5, 0.6) is 0 Å². The Bertz CT molecular complexity index is 118. The molecule has 0 radical (unpaired) electrons. The molecule has 0 aromatic heterocycles. The monoisotopic (exact) mass is 133 g/mol. The van der Waals surface area contributed by atoms with Crippen molar-refractivity contribution in [3.05, 3.63) is 0 Å². The van der Waals surface area contributed by atoms with Crippen LogP contribution in [0.15, 0.2) is 0 Å². The molecular weight excluding hydrogens is 130 g/mol. The van der Waals surface area contributed by atoms with Crippen LogP contribution in [0, 0.1) is 0 Å². The Kier molecular flexibility index (Phi) is 1.50. The molecule has 0 saturated carbocycles. The fourth-order valence-electron chi connectivity index (χ4n) is 0.273. The summed E-state index contributed by atoms with van der Waals surface area (Å²) in [5.41, 5.74) is 0. The summed E-state index contributed by atoms with van der Waals surface area (Å²) in [6.07, 6.45) is 0. The van der Waals surface area contributed by atoms with Crippen molar-refractivity contribution in [2.75, 3.05) is 6.61 Å². The number of carbonyl (C=O) groups excluding carboxylic acids is 2. The molecule has 0 aliphatic carbocycles. The minimum Gasteiger partial charge on any atom is -0.288 e. The minimum absolute atomic E-state index is 0.115. The number of hydrogen-bond acceptors (Lipinski definition) is 4. The lowest BCUT2D eigenvalue weighted by atomic mass is 10.4. The van der Waals surface area contributed by atoms with Crippen LogP contribution in [0.2, 0.25) is 0 Å². The van der Waals surface area contributed by atoms with Gasteiger partial charge in [-0.2, -0.15) is 0 Å². The van der Waals surface area contributed by atoms with Crippen LogP contribution in [0.3, 0.4) is 0 Å². The summed E-state index contributed by atoms with van der Waals surface area (Å²) in [5.74, 6) is -1.11. The molecule has 8 heavy (non-hydrogen) atoms. The lowest BCUT2D eigenvalue weighted by Crippen LogP contribution is -2.33. The fourth-order valence-corrected chi connectivity index (χ4v) is 0.687. The van der Waals surface area contributed by atoms with Gasteiger partial charge >= 0.3 is 5.91 Å². The number of carbonyl (C=O) groups is 2. The Hall–Kier alpha value is -0.550. The number of ketones is 1. The molecule has 4 nitrogen and oxygen atoms in total. The molecule has 1 amide bonds. The lowest BCUT2D eigenvalue weighted by molar-refractivity contribution is -0.138. The van der Waals surface area contributed by atoms with Crippen LogP contribution in [-0.4, -0.2) is 18.3 Å². The molecule has 0 spiro atoms. The normalized spacial score (nSPS) is 20.5. The second-order valence-electron chi connectivity index (χ2n) is 1.20. The van der Waals surface area contributed by atoms with Gasteiger partial charge in [-0.1, -0.05) is 0 Å². The van der Waals surface area contributed by atoms with E-state index in [1.54, 1.807) is 0 Å². The van der Waals surface area contributed by atoms with Gasteiger partial charge in [0.25, 0.3) is 0 Å². The van der Waals surface area contributed by atoms with E-state index in [4.69, 9.17) is 0 Å². The second-order valence-corrected chi connectivity index (χ2v) is 1.81. The first-order chi connectivity index (χ1) is 3.80. The maximum Gasteiger partial charge on any atom is 0.301 e. The molecule has 0 aromatic rings. The minimum atomic E-state index is -0.582. The molecule has 0 unspecified atom stereocenters. The molecule has 1 saturated heterocycles. The van der Waals surface area contributed by atoms with Crippen LogP contribution in [0.25, 0.3) is 0 Å². The van der Waals surface area contributed by atoms with Crippen molar-refractivity contribution in [1.82, 2.24) is 4.72 Å². The predicted octanol–water partition coefficient (Wildman–Crippen LogP) is -0.735. The first kappa shape index (κ1) is 5.58. The third-order valence-corrected chi connectivity index (χ3v) is 1.14. The van der Waals surface area contributed by atoms with Gasteiger partial charge in [0.05, 0.1) is 0 Å². The van der Waals surface area contributed by atoms with Gasteiger partial charge in [0, 0.05) is 0 Å². The number of rotatable bonds is 0. The molecule has 1 aliphatic rings. The van der Waals surface area contributed by atoms with Crippen molar-refractivity contribution >= 4 is 23.9 Å². The topological polar surface area (TPSA) is 55.4 Å². The first-order valence-electron chi connectivity index (χ1n) is 1.92. The predicted molar refractivity (Wildman–Crippen MR) is 26.7 cm³/mol. The summed E-state index contributed by atoms with van der Waals surface area (Å²) in [7, 11) is 0. The zero-order valence-electron chi connectivity index (χ0n) is 3.84. The smallest absolute Gasteiger partial charge is 0.288 e. The lowest BCUT2D eigenvalue weighted by Gasteiger charge is -2.06. The molecule has 44 valence electrons. The van der Waals surface area contributed by atoms with E-state index >= 15 is 0 Å². The number of amides is 1. The third-order valence-electron chi connectivity index (χ3n) is 0.637. The Labute approximate surface area is 49.9 Å². The van der Waals surface area contributed by atoms with E-state index in [1.807, 2.05) is 0 Å². The summed E-state index contributed by atoms with van der Waals surface area (Å²) in [6, 6.07) is 0. The van der Waals surface area contributed by atoms with Gasteiger partial charge in [0.2, 0.25) is 5.78 Å². The molecule has 1 heterocycles. The summed E-state index contributed by atoms with van der Waals surface area (Å²) in [6.45, 7) is -0.115. The molecule has 1 fully saturated rings. The van der Waals surface area contributed by atoms with E-state index in [2.05, 4.69) is 8.91 Å². The largest absolute Gasteiger partial charge is 0.301 e. The first-order valence-corrected chi connectivity index (χ1v) is 2.66. The Balaban J connectivity index is 2.52. The van der Waals surface area contributed by atoms with Crippen molar-refractivity contribution in [3.8, 4) is 0 Å². The van der Waals surface area contributed by atoms with Gasteiger partial charge < -0.3 is 0 Å². The maximum absolute atomic E-state index is 10.2. The maximum atomic E-state index is 10.2. The zero-order valence-corrected chi connectivity index (χ0v) is 4.66. The average molecular weight is 133 g/mol. The van der Waals surface area contributed by atoms with Gasteiger partial charge in [-0.3, -0.25) is 18.5 Å². The van der Waals surface area contributed by atoms with E-state index in [9.17, 15) is 9.59 Å². The van der Waals surface area contributed by atoms with Crippen molar-refractivity contribution in [3.63, 3.8) is 0 Å². The van der Waals surface area contributed by atoms with Gasteiger partial charge in [-0.15, -0.1) is 0 Å². The van der Waals surface area contributed by atoms with E-state index in [0.29, 0.717) is 0 Å². The van der Waals surface area contributed by atoms with Crippen LogP contribution in [0.4, 0.5) is 0 Å². The summed E-state index contributed by atoms with van der Waals surface area (Å²) in [4.78, 5) is 20.5. The zero-order chi connectivity index (χ0) is 5.98.